The second-order valence-electron chi connectivity index (χ2n) is 6.26. The maximum Gasteiger partial charge on any atom is 0.307 e. The number of nitrogens with zero attached hydrogens (tertiary/aromatic N) is 1. The molecule has 1 N–H and O–H groups in total. The van der Waals surface area contributed by atoms with E-state index in [1.165, 1.54) is 11.0 Å². The zero-order valence-electron chi connectivity index (χ0n) is 15.1. The van der Waals surface area contributed by atoms with Crippen LogP contribution in [-0.4, -0.2) is 41.8 Å². The minimum absolute atomic E-state index is 0.215. The summed E-state index contributed by atoms with van der Waals surface area (Å²) >= 11 is 0. The van der Waals surface area contributed by atoms with Crippen LogP contribution in [0.2, 0.25) is 0 Å². The van der Waals surface area contributed by atoms with Crippen molar-refractivity contribution in [1.82, 2.24) is 4.90 Å². The lowest BCUT2D eigenvalue weighted by Gasteiger charge is -2.16. The van der Waals surface area contributed by atoms with Crippen LogP contribution in [-0.2, 0) is 11.2 Å². The van der Waals surface area contributed by atoms with Gasteiger partial charge in [-0.25, -0.2) is 0 Å². The van der Waals surface area contributed by atoms with Gasteiger partial charge < -0.3 is 10.0 Å². The van der Waals surface area contributed by atoms with Crippen molar-refractivity contribution in [1.29, 1.82) is 0 Å². The molecule has 1 amide bonds. The highest BCUT2D eigenvalue weighted by Gasteiger charge is 2.18. The van der Waals surface area contributed by atoms with E-state index in [1.807, 2.05) is 19.1 Å². The van der Waals surface area contributed by atoms with Crippen molar-refractivity contribution in [2.75, 3.05) is 14.1 Å². The number of amides is 1. The Balaban J connectivity index is 2.67. The Labute approximate surface area is 152 Å². The normalized spacial score (nSPS) is 10.3. The molecule has 0 aliphatic carbocycles. The van der Waals surface area contributed by atoms with Gasteiger partial charge in [-0.15, -0.1) is 0 Å². The average Bonchev–Trinajstić information content (AvgIpc) is 2.59. The van der Waals surface area contributed by atoms with Gasteiger partial charge in [-0.05, 0) is 41.8 Å². The number of allylic oxidation sites excluding steroid dienone is 1. The number of rotatable bonds is 6. The van der Waals surface area contributed by atoms with Gasteiger partial charge in [0, 0.05) is 25.2 Å². The molecule has 0 saturated heterocycles. The fourth-order valence-corrected chi connectivity index (χ4v) is 2.74. The van der Waals surface area contributed by atoms with E-state index in [4.69, 9.17) is 0 Å². The largest absolute Gasteiger partial charge is 0.481 e. The third kappa shape index (κ3) is 4.06. The summed E-state index contributed by atoms with van der Waals surface area (Å²) in [5.74, 6) is -1.51. The predicted molar refractivity (Wildman–Crippen MR) is 100 cm³/mol. The van der Waals surface area contributed by atoms with Gasteiger partial charge in [-0.2, -0.15) is 0 Å². The lowest BCUT2D eigenvalue weighted by molar-refractivity contribution is -0.136. The minimum atomic E-state index is -1.03. The number of carboxylic acid groups (broad SMARTS) is 1. The highest BCUT2D eigenvalue weighted by atomic mass is 16.4. The highest BCUT2D eigenvalue weighted by molar-refractivity contribution is 6.09. The number of carbonyl (C=O) groups is 3. The molecular formula is C21H21NO4. The van der Waals surface area contributed by atoms with Crippen molar-refractivity contribution in [3.63, 3.8) is 0 Å². The van der Waals surface area contributed by atoms with Gasteiger partial charge in [0.15, 0.2) is 5.78 Å². The number of aliphatic carboxylic acids is 1. The van der Waals surface area contributed by atoms with E-state index in [2.05, 4.69) is 6.58 Å². The Kier molecular flexibility index (Phi) is 5.72. The highest BCUT2D eigenvalue weighted by Crippen LogP contribution is 2.28. The van der Waals surface area contributed by atoms with E-state index in [1.54, 1.807) is 38.4 Å². The molecule has 134 valence electrons. The van der Waals surface area contributed by atoms with E-state index in [0.29, 0.717) is 27.8 Å². The number of aryl methyl sites for hydroxylation is 1. The maximum atomic E-state index is 12.3. The maximum absolute atomic E-state index is 12.3. The average molecular weight is 351 g/mol. The van der Waals surface area contributed by atoms with E-state index < -0.39 is 5.97 Å². The Bertz CT molecular complexity index is 897. The Morgan fingerprint density at radius 3 is 2.31 bits per heavy atom. The molecule has 0 aliphatic heterocycles. The quantitative estimate of drug-likeness (QED) is 0.640. The lowest BCUT2D eigenvalue weighted by atomic mass is 9.91. The van der Waals surface area contributed by atoms with Crippen molar-refractivity contribution in [3.05, 3.63) is 71.3 Å². The first-order valence-corrected chi connectivity index (χ1v) is 8.08. The smallest absolute Gasteiger partial charge is 0.307 e. The number of hydrogen-bond donors (Lipinski definition) is 1. The fraction of sp³-hybridized carbons (Fsp3) is 0.190. The molecule has 0 radical (unpaired) electrons. The first-order chi connectivity index (χ1) is 12.2. The van der Waals surface area contributed by atoms with Crippen molar-refractivity contribution >= 4 is 17.7 Å². The Morgan fingerprint density at radius 1 is 1.08 bits per heavy atom. The summed E-state index contributed by atoms with van der Waals surface area (Å²) in [7, 11) is 3.23. The molecule has 0 unspecified atom stereocenters. The van der Waals surface area contributed by atoms with Crippen LogP contribution in [0.25, 0.3) is 11.1 Å². The molecule has 0 bridgehead atoms. The third-order valence-corrected chi connectivity index (χ3v) is 4.02. The monoisotopic (exact) mass is 351 g/mol. The molecule has 2 aromatic carbocycles. The SMILES string of the molecule is C=CC(=O)c1ccc(C)cc1-c1ccc(C(=O)N(C)C)c(CC(=O)O)c1. The fourth-order valence-electron chi connectivity index (χ4n) is 2.74. The third-order valence-electron chi connectivity index (χ3n) is 4.02. The van der Waals surface area contributed by atoms with Crippen LogP contribution in [0.1, 0.15) is 31.8 Å². The van der Waals surface area contributed by atoms with Gasteiger partial charge in [0.05, 0.1) is 6.42 Å². The summed E-state index contributed by atoms with van der Waals surface area (Å²) in [5.41, 5.74) is 3.57. The molecule has 0 heterocycles. The first kappa shape index (κ1) is 19.1. The standard InChI is InChI=1S/C21H21NO4/c1-5-19(23)17-8-6-13(2)10-18(17)14-7-9-16(21(26)22(3)4)15(11-14)12-20(24)25/h5-11H,1,12H2,2-4H3,(H,24,25). The molecule has 5 nitrogen and oxygen atoms in total. The second kappa shape index (κ2) is 7.78. The predicted octanol–water partition coefficient (Wildman–Crippen LogP) is 3.36. The van der Waals surface area contributed by atoms with E-state index in [-0.39, 0.29) is 18.1 Å². The summed E-state index contributed by atoms with van der Waals surface area (Å²) in [5, 5.41) is 9.21. The number of carboxylic acids is 1. The van der Waals surface area contributed by atoms with Gasteiger partial charge in [0.1, 0.15) is 0 Å². The van der Waals surface area contributed by atoms with Gasteiger partial charge in [0.25, 0.3) is 5.91 Å². The van der Waals surface area contributed by atoms with Crippen molar-refractivity contribution in [3.8, 4) is 11.1 Å². The van der Waals surface area contributed by atoms with Crippen molar-refractivity contribution < 1.29 is 19.5 Å². The summed E-state index contributed by atoms with van der Waals surface area (Å²) in [4.78, 5) is 37.2. The van der Waals surface area contributed by atoms with Crippen molar-refractivity contribution in [2.24, 2.45) is 0 Å². The zero-order valence-corrected chi connectivity index (χ0v) is 15.1. The van der Waals surface area contributed by atoms with Gasteiger partial charge in [-0.3, -0.25) is 14.4 Å². The van der Waals surface area contributed by atoms with Crippen LogP contribution in [0.15, 0.2) is 49.1 Å². The van der Waals surface area contributed by atoms with E-state index in [9.17, 15) is 19.5 Å². The lowest BCUT2D eigenvalue weighted by Crippen LogP contribution is -2.23. The van der Waals surface area contributed by atoms with Gasteiger partial charge in [-0.1, -0.05) is 36.4 Å². The van der Waals surface area contributed by atoms with Crippen molar-refractivity contribution in [2.45, 2.75) is 13.3 Å². The number of hydrogen-bond acceptors (Lipinski definition) is 3. The summed E-state index contributed by atoms with van der Waals surface area (Å²) < 4.78 is 0. The molecule has 0 aliphatic rings. The molecule has 0 spiro atoms. The number of ketones is 1. The van der Waals surface area contributed by atoms with Crippen LogP contribution in [0, 0.1) is 6.92 Å². The molecule has 2 aromatic rings. The van der Waals surface area contributed by atoms with Crippen LogP contribution >= 0.6 is 0 Å². The van der Waals surface area contributed by atoms with Crippen LogP contribution in [0.3, 0.4) is 0 Å². The molecule has 0 aromatic heterocycles. The molecule has 0 atom stereocenters. The van der Waals surface area contributed by atoms with E-state index in [0.717, 1.165) is 5.56 Å². The molecule has 26 heavy (non-hydrogen) atoms. The Hall–Kier alpha value is -3.21. The second-order valence-corrected chi connectivity index (χ2v) is 6.26. The number of benzene rings is 2. The molecule has 5 heteroatoms. The van der Waals surface area contributed by atoms with Crippen LogP contribution in [0.5, 0.6) is 0 Å². The molecule has 2 rings (SSSR count). The molecule has 0 saturated carbocycles. The minimum Gasteiger partial charge on any atom is -0.481 e. The molecular weight excluding hydrogens is 330 g/mol. The zero-order chi connectivity index (χ0) is 19.4. The summed E-state index contributed by atoms with van der Waals surface area (Å²) in [6.45, 7) is 5.44. The van der Waals surface area contributed by atoms with Crippen LogP contribution < -0.4 is 0 Å². The number of carbonyl (C=O) groups excluding carboxylic acids is 2. The first-order valence-electron chi connectivity index (χ1n) is 8.08. The van der Waals surface area contributed by atoms with E-state index >= 15 is 0 Å². The topological polar surface area (TPSA) is 74.7 Å². The summed E-state index contributed by atoms with van der Waals surface area (Å²) in [6.07, 6.45) is 0.968. The van der Waals surface area contributed by atoms with Crippen LogP contribution in [0.4, 0.5) is 0 Å². The molecule has 0 fully saturated rings. The summed E-state index contributed by atoms with van der Waals surface area (Å²) in [6, 6.07) is 10.4. The van der Waals surface area contributed by atoms with Gasteiger partial charge >= 0.3 is 5.97 Å². The Morgan fingerprint density at radius 2 is 1.73 bits per heavy atom. The van der Waals surface area contributed by atoms with Gasteiger partial charge in [0.2, 0.25) is 0 Å².